The molecule has 0 unspecified atom stereocenters. The van der Waals surface area contributed by atoms with E-state index in [2.05, 4.69) is 15.0 Å². The van der Waals surface area contributed by atoms with E-state index in [0.29, 0.717) is 17.4 Å². The largest absolute Gasteiger partial charge is 0.437 e. The Morgan fingerprint density at radius 2 is 2.06 bits per heavy atom. The zero-order valence-corrected chi connectivity index (χ0v) is 9.45. The maximum Gasteiger partial charge on any atom is 0.239 e. The molecule has 3 rings (SSSR count). The Morgan fingerprint density at radius 3 is 2.94 bits per heavy atom. The minimum absolute atomic E-state index is 0.325. The Kier molecular flexibility index (Phi) is 2.49. The third kappa shape index (κ3) is 2.06. The predicted molar refractivity (Wildman–Crippen MR) is 68.3 cm³/mol. The number of aromatic nitrogens is 3. The number of rotatable bonds is 2. The quantitative estimate of drug-likeness (QED) is 0.742. The predicted octanol–water partition coefficient (Wildman–Crippen LogP) is 2.40. The minimum atomic E-state index is 0.325. The van der Waals surface area contributed by atoms with Crippen molar-refractivity contribution in [2.24, 2.45) is 0 Å². The monoisotopic (exact) mass is 238 g/mol. The zero-order valence-electron chi connectivity index (χ0n) is 9.45. The summed E-state index contributed by atoms with van der Waals surface area (Å²) in [5, 5.41) is 1.06. The van der Waals surface area contributed by atoms with E-state index in [1.807, 2.05) is 30.3 Å². The minimum Gasteiger partial charge on any atom is -0.437 e. The van der Waals surface area contributed by atoms with Gasteiger partial charge in [0.25, 0.3) is 0 Å². The summed E-state index contributed by atoms with van der Waals surface area (Å²) >= 11 is 0. The third-order valence-electron chi connectivity index (χ3n) is 2.43. The van der Waals surface area contributed by atoms with Gasteiger partial charge in [0.2, 0.25) is 5.88 Å². The molecule has 5 heteroatoms. The number of ether oxygens (including phenoxy) is 1. The van der Waals surface area contributed by atoms with E-state index in [1.54, 1.807) is 6.20 Å². The summed E-state index contributed by atoms with van der Waals surface area (Å²) in [6.45, 7) is 0. The molecule has 18 heavy (non-hydrogen) atoms. The number of hydrogen-bond donors (Lipinski definition) is 1. The summed E-state index contributed by atoms with van der Waals surface area (Å²) in [6.07, 6.45) is 4.72. The highest BCUT2D eigenvalue weighted by molar-refractivity contribution is 5.79. The molecular weight excluding hydrogens is 228 g/mol. The molecule has 2 aromatic heterocycles. The zero-order chi connectivity index (χ0) is 12.4. The number of nitrogens with zero attached hydrogens (tertiary/aromatic N) is 3. The highest BCUT2D eigenvalue weighted by atomic mass is 16.5. The normalized spacial score (nSPS) is 10.4. The van der Waals surface area contributed by atoms with E-state index in [-0.39, 0.29) is 0 Å². The van der Waals surface area contributed by atoms with Gasteiger partial charge in [-0.3, -0.25) is 9.97 Å². The Balaban J connectivity index is 1.95. The number of anilines is 1. The number of fused-ring (bicyclic) bond motifs is 1. The van der Waals surface area contributed by atoms with Crippen LogP contribution in [-0.4, -0.2) is 15.0 Å². The van der Waals surface area contributed by atoms with Gasteiger partial charge in [0.1, 0.15) is 11.6 Å². The molecule has 2 heterocycles. The number of nitrogen functional groups attached to an aromatic ring is 1. The second kappa shape index (κ2) is 4.29. The highest BCUT2D eigenvalue weighted by Gasteiger charge is 2.01. The van der Waals surface area contributed by atoms with E-state index in [4.69, 9.17) is 10.5 Å². The van der Waals surface area contributed by atoms with Crippen molar-refractivity contribution in [3.63, 3.8) is 0 Å². The topological polar surface area (TPSA) is 73.9 Å². The fraction of sp³-hybridized carbons (Fsp3) is 0. The SMILES string of the molecule is Nc1cncc(Oc2ccc3cccnc3c2)n1. The van der Waals surface area contributed by atoms with Crippen LogP contribution in [0.5, 0.6) is 11.6 Å². The molecule has 88 valence electrons. The molecule has 0 spiro atoms. The van der Waals surface area contributed by atoms with Crippen LogP contribution in [-0.2, 0) is 0 Å². The lowest BCUT2D eigenvalue weighted by Crippen LogP contribution is -1.94. The first-order valence-corrected chi connectivity index (χ1v) is 5.41. The second-order valence-corrected chi connectivity index (χ2v) is 3.74. The maximum atomic E-state index is 5.57. The number of benzene rings is 1. The summed E-state index contributed by atoms with van der Waals surface area (Å²) in [6, 6.07) is 9.53. The van der Waals surface area contributed by atoms with E-state index in [9.17, 15) is 0 Å². The van der Waals surface area contributed by atoms with E-state index >= 15 is 0 Å². The molecule has 5 nitrogen and oxygen atoms in total. The molecular formula is C13H10N4O. The van der Waals surface area contributed by atoms with Crippen molar-refractivity contribution in [2.75, 3.05) is 5.73 Å². The summed E-state index contributed by atoms with van der Waals surface area (Å²) in [7, 11) is 0. The van der Waals surface area contributed by atoms with Crippen LogP contribution < -0.4 is 10.5 Å². The molecule has 0 atom stereocenters. The van der Waals surface area contributed by atoms with Crippen molar-refractivity contribution in [1.82, 2.24) is 15.0 Å². The van der Waals surface area contributed by atoms with Crippen molar-refractivity contribution >= 4 is 16.7 Å². The third-order valence-corrected chi connectivity index (χ3v) is 2.43. The Bertz CT molecular complexity index is 699. The van der Waals surface area contributed by atoms with E-state index in [1.165, 1.54) is 12.4 Å². The smallest absolute Gasteiger partial charge is 0.239 e. The lowest BCUT2D eigenvalue weighted by Gasteiger charge is -2.05. The molecule has 0 aliphatic rings. The van der Waals surface area contributed by atoms with Gasteiger partial charge in [0.05, 0.1) is 17.9 Å². The van der Waals surface area contributed by atoms with Crippen molar-refractivity contribution in [3.05, 3.63) is 48.9 Å². The average Bonchev–Trinajstić information content (AvgIpc) is 2.39. The van der Waals surface area contributed by atoms with Crippen LogP contribution in [0.1, 0.15) is 0 Å². The van der Waals surface area contributed by atoms with Gasteiger partial charge in [-0.2, -0.15) is 4.98 Å². The molecule has 0 radical (unpaired) electrons. The van der Waals surface area contributed by atoms with E-state index in [0.717, 1.165) is 10.9 Å². The van der Waals surface area contributed by atoms with Crippen molar-refractivity contribution < 1.29 is 4.74 Å². The van der Waals surface area contributed by atoms with Crippen LogP contribution >= 0.6 is 0 Å². The van der Waals surface area contributed by atoms with Crippen molar-refractivity contribution in [3.8, 4) is 11.6 Å². The molecule has 2 N–H and O–H groups in total. The number of nitrogens with two attached hydrogens (primary N) is 1. The van der Waals surface area contributed by atoms with Gasteiger partial charge in [-0.1, -0.05) is 6.07 Å². The summed E-state index contributed by atoms with van der Waals surface area (Å²) < 4.78 is 5.57. The molecule has 3 aromatic rings. The fourth-order valence-corrected chi connectivity index (χ4v) is 1.64. The van der Waals surface area contributed by atoms with E-state index < -0.39 is 0 Å². The Morgan fingerprint density at radius 1 is 1.11 bits per heavy atom. The molecule has 0 aliphatic carbocycles. The van der Waals surface area contributed by atoms with Gasteiger partial charge in [0, 0.05) is 17.6 Å². The summed E-state index contributed by atoms with van der Waals surface area (Å²) in [5.41, 5.74) is 6.40. The highest BCUT2D eigenvalue weighted by Crippen LogP contribution is 2.23. The van der Waals surface area contributed by atoms with Crippen LogP contribution in [0.3, 0.4) is 0 Å². The summed E-state index contributed by atoms with van der Waals surface area (Å²) in [4.78, 5) is 12.2. The van der Waals surface area contributed by atoms with Crippen LogP contribution in [0.25, 0.3) is 10.9 Å². The van der Waals surface area contributed by atoms with Gasteiger partial charge in [-0.25, -0.2) is 0 Å². The first-order chi connectivity index (χ1) is 8.81. The fourth-order valence-electron chi connectivity index (χ4n) is 1.64. The van der Waals surface area contributed by atoms with Crippen molar-refractivity contribution in [2.45, 2.75) is 0 Å². The lowest BCUT2D eigenvalue weighted by molar-refractivity contribution is 0.462. The molecule has 0 saturated carbocycles. The first-order valence-electron chi connectivity index (χ1n) is 5.41. The lowest BCUT2D eigenvalue weighted by atomic mass is 10.2. The van der Waals surface area contributed by atoms with Gasteiger partial charge >= 0.3 is 0 Å². The maximum absolute atomic E-state index is 5.57. The summed E-state index contributed by atoms with van der Waals surface area (Å²) in [5.74, 6) is 1.35. The van der Waals surface area contributed by atoms with Gasteiger partial charge in [-0.15, -0.1) is 0 Å². The molecule has 0 aliphatic heterocycles. The van der Waals surface area contributed by atoms with Gasteiger partial charge < -0.3 is 10.5 Å². The molecule has 0 amide bonds. The molecule has 0 saturated heterocycles. The first kappa shape index (κ1) is 10.5. The van der Waals surface area contributed by atoms with Crippen molar-refractivity contribution in [1.29, 1.82) is 0 Å². The van der Waals surface area contributed by atoms with Crippen LogP contribution in [0.4, 0.5) is 5.82 Å². The average molecular weight is 238 g/mol. The van der Waals surface area contributed by atoms with Crippen LogP contribution in [0, 0.1) is 0 Å². The number of pyridine rings is 1. The van der Waals surface area contributed by atoms with Gasteiger partial charge in [-0.05, 0) is 18.2 Å². The molecule has 0 bridgehead atoms. The Hall–Kier alpha value is -2.69. The van der Waals surface area contributed by atoms with Crippen LogP contribution in [0.15, 0.2) is 48.9 Å². The molecule has 1 aromatic carbocycles. The second-order valence-electron chi connectivity index (χ2n) is 3.74. The van der Waals surface area contributed by atoms with Crippen LogP contribution in [0.2, 0.25) is 0 Å². The Labute approximate surface area is 103 Å². The standard InChI is InChI=1S/C13H10N4O/c14-12-7-15-8-13(17-12)18-10-4-3-9-2-1-5-16-11(9)6-10/h1-8H,(H2,14,17). The number of hydrogen-bond acceptors (Lipinski definition) is 5. The molecule has 0 fully saturated rings. The van der Waals surface area contributed by atoms with Gasteiger partial charge in [0.15, 0.2) is 0 Å².